The SMILES string of the molecule is CCc1ccccc1N(CCO)CC(C#N)C(F)F. The van der Waals surface area contributed by atoms with E-state index in [9.17, 15) is 8.78 Å². The molecule has 0 saturated heterocycles. The molecule has 1 N–H and O–H groups in total. The Balaban J connectivity index is 2.97. The molecule has 1 atom stereocenters. The van der Waals surface area contributed by atoms with Gasteiger partial charge in [0.15, 0.2) is 0 Å². The third-order valence-corrected chi connectivity index (χ3v) is 2.97. The van der Waals surface area contributed by atoms with Gasteiger partial charge in [0.25, 0.3) is 6.43 Å². The molecule has 0 aliphatic rings. The number of nitrogens with zero attached hydrogens (tertiary/aromatic N) is 2. The predicted octanol–water partition coefficient (Wildman–Crippen LogP) is 2.45. The van der Waals surface area contributed by atoms with Gasteiger partial charge in [-0.1, -0.05) is 25.1 Å². The van der Waals surface area contributed by atoms with Gasteiger partial charge in [-0.15, -0.1) is 0 Å². The molecule has 0 heterocycles. The number of hydrogen-bond acceptors (Lipinski definition) is 3. The molecular weight excluding hydrogens is 250 g/mol. The van der Waals surface area contributed by atoms with Crippen molar-refractivity contribution in [1.29, 1.82) is 5.26 Å². The van der Waals surface area contributed by atoms with Crippen LogP contribution in [0.3, 0.4) is 0 Å². The molecule has 0 amide bonds. The van der Waals surface area contributed by atoms with Crippen LogP contribution >= 0.6 is 0 Å². The summed E-state index contributed by atoms with van der Waals surface area (Å²) in [6, 6.07) is 9.08. The van der Waals surface area contributed by atoms with E-state index in [0.717, 1.165) is 17.7 Å². The number of aliphatic hydroxyl groups is 1. The molecule has 0 saturated carbocycles. The summed E-state index contributed by atoms with van der Waals surface area (Å²) in [5.74, 6) is -1.35. The van der Waals surface area contributed by atoms with Crippen molar-refractivity contribution >= 4 is 5.69 Å². The van der Waals surface area contributed by atoms with Crippen LogP contribution in [0.15, 0.2) is 24.3 Å². The summed E-state index contributed by atoms with van der Waals surface area (Å²) in [5, 5.41) is 17.8. The van der Waals surface area contributed by atoms with E-state index in [-0.39, 0.29) is 19.7 Å². The minimum atomic E-state index is -2.68. The molecule has 0 fully saturated rings. The van der Waals surface area contributed by atoms with E-state index in [0.29, 0.717) is 0 Å². The lowest BCUT2D eigenvalue weighted by molar-refractivity contribution is 0.105. The summed E-state index contributed by atoms with van der Waals surface area (Å²) in [6.45, 7) is 2.00. The van der Waals surface area contributed by atoms with Gasteiger partial charge in [-0.05, 0) is 18.1 Å². The van der Waals surface area contributed by atoms with Gasteiger partial charge in [0, 0.05) is 18.8 Å². The first-order chi connectivity index (χ1) is 9.13. The third-order valence-electron chi connectivity index (χ3n) is 2.97. The molecule has 1 aromatic rings. The number of anilines is 1. The van der Waals surface area contributed by atoms with Gasteiger partial charge in [0.1, 0.15) is 5.92 Å². The zero-order valence-corrected chi connectivity index (χ0v) is 10.9. The lowest BCUT2D eigenvalue weighted by atomic mass is 10.1. The van der Waals surface area contributed by atoms with E-state index in [1.165, 1.54) is 0 Å². The van der Waals surface area contributed by atoms with Crippen LogP contribution in [0, 0.1) is 17.2 Å². The Morgan fingerprint density at radius 3 is 2.58 bits per heavy atom. The molecule has 0 aliphatic carbocycles. The largest absolute Gasteiger partial charge is 0.395 e. The summed E-state index contributed by atoms with van der Waals surface area (Å²) in [4.78, 5) is 1.65. The molecule has 0 aromatic heterocycles. The van der Waals surface area contributed by atoms with Crippen LogP contribution in [0.2, 0.25) is 0 Å². The highest BCUT2D eigenvalue weighted by Crippen LogP contribution is 2.23. The highest BCUT2D eigenvalue weighted by atomic mass is 19.3. The molecule has 3 nitrogen and oxygen atoms in total. The van der Waals surface area contributed by atoms with Crippen LogP contribution in [-0.2, 0) is 6.42 Å². The van der Waals surface area contributed by atoms with Crippen LogP contribution in [0.4, 0.5) is 14.5 Å². The number of alkyl halides is 2. The highest BCUT2D eigenvalue weighted by molar-refractivity contribution is 5.53. The Morgan fingerprint density at radius 2 is 2.05 bits per heavy atom. The normalized spacial score (nSPS) is 12.2. The number of nitriles is 1. The van der Waals surface area contributed by atoms with E-state index in [2.05, 4.69) is 0 Å². The number of hydrogen-bond donors (Lipinski definition) is 1. The minimum absolute atomic E-state index is 0.0776. The molecule has 0 radical (unpaired) electrons. The molecule has 1 aromatic carbocycles. The van der Waals surface area contributed by atoms with E-state index < -0.39 is 12.3 Å². The Morgan fingerprint density at radius 1 is 1.37 bits per heavy atom. The predicted molar refractivity (Wildman–Crippen MR) is 70.2 cm³/mol. The molecule has 0 aliphatic heterocycles. The average molecular weight is 268 g/mol. The second kappa shape index (κ2) is 7.70. The van der Waals surface area contributed by atoms with Crippen LogP contribution in [0.1, 0.15) is 12.5 Å². The van der Waals surface area contributed by atoms with Crippen LogP contribution < -0.4 is 4.90 Å². The van der Waals surface area contributed by atoms with Crippen molar-refractivity contribution in [2.75, 3.05) is 24.6 Å². The van der Waals surface area contributed by atoms with Gasteiger partial charge in [0.05, 0.1) is 12.7 Å². The number of para-hydroxylation sites is 1. The third kappa shape index (κ3) is 4.18. The van der Waals surface area contributed by atoms with Gasteiger partial charge >= 0.3 is 0 Å². The second-order valence-corrected chi connectivity index (χ2v) is 4.22. The first-order valence-electron chi connectivity index (χ1n) is 6.25. The van der Waals surface area contributed by atoms with Gasteiger partial charge in [-0.25, -0.2) is 8.78 Å². The average Bonchev–Trinajstić information content (AvgIpc) is 2.43. The van der Waals surface area contributed by atoms with Gasteiger partial charge in [0.2, 0.25) is 0 Å². The number of benzene rings is 1. The summed E-state index contributed by atoms with van der Waals surface area (Å²) in [7, 11) is 0. The molecule has 0 bridgehead atoms. The number of aliphatic hydroxyl groups excluding tert-OH is 1. The number of rotatable bonds is 7. The Bertz CT molecular complexity index is 432. The van der Waals surface area contributed by atoms with Gasteiger partial charge in [-0.3, -0.25) is 0 Å². The fraction of sp³-hybridized carbons (Fsp3) is 0.500. The molecule has 1 unspecified atom stereocenters. The quantitative estimate of drug-likeness (QED) is 0.826. The van der Waals surface area contributed by atoms with E-state index in [1.54, 1.807) is 11.0 Å². The minimum Gasteiger partial charge on any atom is -0.395 e. The van der Waals surface area contributed by atoms with Crippen molar-refractivity contribution in [3.8, 4) is 6.07 Å². The zero-order valence-electron chi connectivity index (χ0n) is 10.9. The summed E-state index contributed by atoms with van der Waals surface area (Å²) in [6.07, 6.45) is -1.91. The summed E-state index contributed by atoms with van der Waals surface area (Å²) in [5.41, 5.74) is 1.82. The lowest BCUT2D eigenvalue weighted by Gasteiger charge is -2.28. The van der Waals surface area contributed by atoms with Crippen molar-refractivity contribution in [2.24, 2.45) is 5.92 Å². The van der Waals surface area contributed by atoms with E-state index in [4.69, 9.17) is 10.4 Å². The highest BCUT2D eigenvalue weighted by Gasteiger charge is 2.23. The first-order valence-corrected chi connectivity index (χ1v) is 6.25. The van der Waals surface area contributed by atoms with Crippen LogP contribution in [0.5, 0.6) is 0 Å². The Labute approximate surface area is 112 Å². The lowest BCUT2D eigenvalue weighted by Crippen LogP contribution is -2.34. The maximum Gasteiger partial charge on any atom is 0.255 e. The Hall–Kier alpha value is -1.67. The fourth-order valence-electron chi connectivity index (χ4n) is 1.96. The smallest absolute Gasteiger partial charge is 0.255 e. The van der Waals surface area contributed by atoms with Crippen LogP contribution in [0.25, 0.3) is 0 Å². The van der Waals surface area contributed by atoms with Crippen LogP contribution in [-0.4, -0.2) is 31.2 Å². The Kier molecular flexibility index (Phi) is 6.23. The molecule has 1 rings (SSSR count). The van der Waals surface area contributed by atoms with E-state index >= 15 is 0 Å². The maximum absolute atomic E-state index is 12.7. The van der Waals surface area contributed by atoms with Crippen molar-refractivity contribution < 1.29 is 13.9 Å². The first kappa shape index (κ1) is 15.4. The number of aryl methyl sites for hydroxylation is 1. The van der Waals surface area contributed by atoms with Gasteiger partial charge < -0.3 is 10.0 Å². The van der Waals surface area contributed by atoms with Gasteiger partial charge in [-0.2, -0.15) is 5.26 Å². The molecule has 104 valence electrons. The number of halogens is 2. The second-order valence-electron chi connectivity index (χ2n) is 4.22. The van der Waals surface area contributed by atoms with Crippen molar-refractivity contribution in [3.63, 3.8) is 0 Å². The maximum atomic E-state index is 12.7. The molecule has 0 spiro atoms. The van der Waals surface area contributed by atoms with Crippen molar-refractivity contribution in [2.45, 2.75) is 19.8 Å². The van der Waals surface area contributed by atoms with E-state index in [1.807, 2.05) is 31.2 Å². The standard InChI is InChI=1S/C14H18F2N2O/c1-2-11-5-3-4-6-13(11)18(7-8-19)10-12(9-17)14(15)16/h3-6,12,14,19H,2,7-8,10H2,1H3. The monoisotopic (exact) mass is 268 g/mol. The van der Waals surface area contributed by atoms with Crippen molar-refractivity contribution in [3.05, 3.63) is 29.8 Å². The molecular formula is C14H18F2N2O. The fourth-order valence-corrected chi connectivity index (χ4v) is 1.96. The van der Waals surface area contributed by atoms with Crippen molar-refractivity contribution in [1.82, 2.24) is 0 Å². The summed E-state index contributed by atoms with van der Waals surface area (Å²) >= 11 is 0. The molecule has 5 heteroatoms. The summed E-state index contributed by atoms with van der Waals surface area (Å²) < 4.78 is 25.4. The zero-order chi connectivity index (χ0) is 14.3. The topological polar surface area (TPSA) is 47.3 Å². The molecule has 19 heavy (non-hydrogen) atoms.